The first-order chi connectivity index (χ1) is 9.69. The molecule has 1 aromatic rings. The van der Waals surface area contributed by atoms with E-state index in [1.54, 1.807) is 11.3 Å². The van der Waals surface area contributed by atoms with Gasteiger partial charge in [-0.05, 0) is 62.7 Å². The number of nitrogens with one attached hydrogen (secondary N) is 1. The molecule has 2 aliphatic rings. The van der Waals surface area contributed by atoms with Gasteiger partial charge in [0.2, 0.25) is 0 Å². The number of carbonyl (C=O) groups excluding carboxylic acids is 1. The Morgan fingerprint density at radius 3 is 2.48 bits per heavy atom. The van der Waals surface area contributed by atoms with Gasteiger partial charge in [0.1, 0.15) is 0 Å². The zero-order valence-corrected chi connectivity index (χ0v) is 14.5. The smallest absolute Gasteiger partial charge is 0.263 e. The summed E-state index contributed by atoms with van der Waals surface area (Å²) in [5.74, 6) is 1.82. The summed E-state index contributed by atoms with van der Waals surface area (Å²) < 4.78 is 0. The second-order valence-electron chi connectivity index (χ2n) is 6.12. The van der Waals surface area contributed by atoms with E-state index < -0.39 is 0 Å². The standard InChI is InChI=1S/C16H24N2OS.ClH/c1-3-14-11(2)8-15(20-14)16(19)18-6-4-12-9-17-10-13(12)5-7-18;/h8,12-13,17H,3-7,9-10H2,1-2H3;1H/t12-,13+;. The number of rotatable bonds is 2. The Hall–Kier alpha value is -0.580. The average molecular weight is 329 g/mol. The van der Waals surface area contributed by atoms with Gasteiger partial charge in [-0.1, -0.05) is 6.92 Å². The summed E-state index contributed by atoms with van der Waals surface area (Å²) in [6.07, 6.45) is 3.35. The van der Waals surface area contributed by atoms with E-state index in [1.807, 2.05) is 0 Å². The van der Waals surface area contributed by atoms with Gasteiger partial charge in [-0.25, -0.2) is 0 Å². The molecule has 118 valence electrons. The van der Waals surface area contributed by atoms with Crippen LogP contribution in [-0.4, -0.2) is 37.0 Å². The molecule has 0 unspecified atom stereocenters. The van der Waals surface area contributed by atoms with E-state index in [4.69, 9.17) is 0 Å². The van der Waals surface area contributed by atoms with Gasteiger partial charge in [0.15, 0.2) is 0 Å². The maximum absolute atomic E-state index is 12.7. The Balaban J connectivity index is 0.00000161. The summed E-state index contributed by atoms with van der Waals surface area (Å²) in [7, 11) is 0. The van der Waals surface area contributed by atoms with Crippen molar-refractivity contribution in [3.8, 4) is 0 Å². The monoisotopic (exact) mass is 328 g/mol. The van der Waals surface area contributed by atoms with Crippen LogP contribution >= 0.6 is 23.7 Å². The van der Waals surface area contributed by atoms with Gasteiger partial charge >= 0.3 is 0 Å². The molecule has 5 heteroatoms. The van der Waals surface area contributed by atoms with Crippen LogP contribution in [0.5, 0.6) is 0 Å². The van der Waals surface area contributed by atoms with Crippen LogP contribution in [-0.2, 0) is 6.42 Å². The molecule has 2 aliphatic heterocycles. The van der Waals surface area contributed by atoms with Crippen molar-refractivity contribution in [1.29, 1.82) is 0 Å². The highest BCUT2D eigenvalue weighted by molar-refractivity contribution is 7.14. The Morgan fingerprint density at radius 1 is 1.33 bits per heavy atom. The van der Waals surface area contributed by atoms with E-state index in [2.05, 4.69) is 30.1 Å². The van der Waals surface area contributed by atoms with Crippen molar-refractivity contribution < 1.29 is 4.79 Å². The van der Waals surface area contributed by atoms with Gasteiger partial charge in [-0.2, -0.15) is 0 Å². The number of hydrogen-bond acceptors (Lipinski definition) is 3. The summed E-state index contributed by atoms with van der Waals surface area (Å²) in [5, 5.41) is 3.48. The molecule has 0 radical (unpaired) electrons. The third-order valence-corrected chi connectivity index (χ3v) is 6.23. The van der Waals surface area contributed by atoms with Crippen LogP contribution in [0.2, 0.25) is 0 Å². The van der Waals surface area contributed by atoms with Crippen LogP contribution < -0.4 is 5.32 Å². The quantitative estimate of drug-likeness (QED) is 0.904. The lowest BCUT2D eigenvalue weighted by atomic mass is 9.92. The van der Waals surface area contributed by atoms with E-state index in [1.165, 1.54) is 10.4 Å². The van der Waals surface area contributed by atoms with Crippen LogP contribution in [0.1, 0.15) is 39.9 Å². The van der Waals surface area contributed by atoms with Gasteiger partial charge < -0.3 is 10.2 Å². The molecule has 0 aromatic carbocycles. The lowest BCUT2D eigenvalue weighted by molar-refractivity contribution is 0.0763. The van der Waals surface area contributed by atoms with Crippen molar-refractivity contribution in [2.24, 2.45) is 11.8 Å². The van der Waals surface area contributed by atoms with Crippen molar-refractivity contribution in [2.75, 3.05) is 26.2 Å². The SMILES string of the molecule is CCc1sc(C(=O)N2CC[C@@H]3CNC[C@@H]3CC2)cc1C.Cl. The number of amides is 1. The summed E-state index contributed by atoms with van der Waals surface area (Å²) in [6, 6.07) is 2.08. The van der Waals surface area contributed by atoms with Crippen molar-refractivity contribution in [2.45, 2.75) is 33.1 Å². The van der Waals surface area contributed by atoms with Crippen molar-refractivity contribution in [1.82, 2.24) is 10.2 Å². The predicted molar refractivity (Wildman–Crippen MR) is 90.7 cm³/mol. The van der Waals surface area contributed by atoms with Crippen LogP contribution in [0, 0.1) is 18.8 Å². The number of carbonyl (C=O) groups is 1. The van der Waals surface area contributed by atoms with E-state index in [9.17, 15) is 4.79 Å². The zero-order chi connectivity index (χ0) is 14.1. The first kappa shape index (κ1) is 16.8. The molecular weight excluding hydrogens is 304 g/mol. The molecule has 0 bridgehead atoms. The highest BCUT2D eigenvalue weighted by atomic mass is 35.5. The average Bonchev–Trinajstić information content (AvgIpc) is 3.00. The summed E-state index contributed by atoms with van der Waals surface area (Å²) in [4.78, 5) is 17.0. The normalized spacial score (nSPS) is 25.1. The number of nitrogens with zero attached hydrogens (tertiary/aromatic N) is 1. The van der Waals surface area contributed by atoms with Crippen LogP contribution in [0.3, 0.4) is 0 Å². The van der Waals surface area contributed by atoms with Gasteiger partial charge in [-0.3, -0.25) is 4.79 Å². The third kappa shape index (κ3) is 3.43. The van der Waals surface area contributed by atoms with E-state index in [0.717, 1.165) is 62.2 Å². The predicted octanol–water partition coefficient (Wildman–Crippen LogP) is 3.11. The van der Waals surface area contributed by atoms with Crippen LogP contribution in [0.15, 0.2) is 6.07 Å². The van der Waals surface area contributed by atoms with Crippen molar-refractivity contribution in [3.05, 3.63) is 21.4 Å². The Bertz CT molecular complexity index is 488. The summed E-state index contributed by atoms with van der Waals surface area (Å²) >= 11 is 1.69. The molecule has 2 saturated heterocycles. The van der Waals surface area contributed by atoms with Crippen molar-refractivity contribution >= 4 is 29.7 Å². The first-order valence-electron chi connectivity index (χ1n) is 7.78. The summed E-state index contributed by atoms with van der Waals surface area (Å²) in [5.41, 5.74) is 1.27. The largest absolute Gasteiger partial charge is 0.338 e. The lowest BCUT2D eigenvalue weighted by Gasteiger charge is -2.20. The van der Waals surface area contributed by atoms with E-state index >= 15 is 0 Å². The number of thiophene rings is 1. The minimum absolute atomic E-state index is 0. The van der Waals surface area contributed by atoms with Gasteiger partial charge in [0.25, 0.3) is 5.91 Å². The molecule has 3 nitrogen and oxygen atoms in total. The summed E-state index contributed by atoms with van der Waals surface area (Å²) in [6.45, 7) is 8.42. The topological polar surface area (TPSA) is 32.3 Å². The van der Waals surface area contributed by atoms with Crippen LogP contribution in [0.25, 0.3) is 0 Å². The fourth-order valence-corrected chi connectivity index (χ4v) is 4.64. The van der Waals surface area contributed by atoms with Gasteiger partial charge in [-0.15, -0.1) is 23.7 Å². The van der Waals surface area contributed by atoms with Gasteiger partial charge in [0.05, 0.1) is 4.88 Å². The number of hydrogen-bond donors (Lipinski definition) is 1. The molecule has 0 saturated carbocycles. The Morgan fingerprint density at radius 2 is 1.95 bits per heavy atom. The van der Waals surface area contributed by atoms with E-state index in [0.29, 0.717) is 0 Å². The number of fused-ring (bicyclic) bond motifs is 1. The zero-order valence-electron chi connectivity index (χ0n) is 12.9. The Kier molecular flexibility index (Phi) is 5.69. The molecular formula is C16H25ClN2OS. The minimum atomic E-state index is 0. The maximum Gasteiger partial charge on any atom is 0.263 e. The fraction of sp³-hybridized carbons (Fsp3) is 0.688. The second kappa shape index (κ2) is 7.12. The van der Waals surface area contributed by atoms with E-state index in [-0.39, 0.29) is 18.3 Å². The number of halogens is 1. The first-order valence-corrected chi connectivity index (χ1v) is 8.60. The molecule has 1 N–H and O–H groups in total. The third-order valence-electron chi connectivity index (χ3n) is 4.86. The number of aryl methyl sites for hydroxylation is 2. The molecule has 0 spiro atoms. The van der Waals surface area contributed by atoms with Crippen LogP contribution in [0.4, 0.5) is 0 Å². The second-order valence-corrected chi connectivity index (χ2v) is 7.26. The molecule has 21 heavy (non-hydrogen) atoms. The molecule has 3 rings (SSSR count). The minimum Gasteiger partial charge on any atom is -0.338 e. The molecule has 2 fully saturated rings. The van der Waals surface area contributed by atoms with Crippen molar-refractivity contribution in [3.63, 3.8) is 0 Å². The molecule has 2 atom stereocenters. The highest BCUT2D eigenvalue weighted by Gasteiger charge is 2.32. The molecule has 3 heterocycles. The lowest BCUT2D eigenvalue weighted by Crippen LogP contribution is -2.32. The molecule has 1 amide bonds. The Labute approximate surface area is 137 Å². The van der Waals surface area contributed by atoms with Gasteiger partial charge in [0, 0.05) is 18.0 Å². The fourth-order valence-electron chi connectivity index (χ4n) is 3.55. The maximum atomic E-state index is 12.7. The highest BCUT2D eigenvalue weighted by Crippen LogP contribution is 2.29. The number of likely N-dealkylation sites (tertiary alicyclic amines) is 1. The molecule has 0 aliphatic carbocycles. The molecule has 1 aromatic heterocycles.